The highest BCUT2D eigenvalue weighted by atomic mass is 16.5. The van der Waals surface area contributed by atoms with Crippen LogP contribution in [0.15, 0.2) is 65.1 Å². The SMILES string of the molecule is CCCCc1ccc(-c2cc(C(=O)OCC)c(C)o2)cc1.CCCCc1ccc(C2=CC2(C(C)=O)C(=O)OCC)cc1. The van der Waals surface area contributed by atoms with Gasteiger partial charge in [0.15, 0.2) is 11.2 Å². The second kappa shape index (κ2) is 15.3. The average molecular weight is 573 g/mol. The van der Waals surface area contributed by atoms with E-state index in [9.17, 15) is 14.4 Å². The predicted octanol–water partition coefficient (Wildman–Crippen LogP) is 8.34. The first-order valence-electron chi connectivity index (χ1n) is 15.1. The highest BCUT2D eigenvalue weighted by molar-refractivity contribution is 6.24. The number of unbranched alkanes of at least 4 members (excludes halogenated alkanes) is 2. The summed E-state index contributed by atoms with van der Waals surface area (Å²) in [6.07, 6.45) is 8.61. The zero-order valence-corrected chi connectivity index (χ0v) is 25.9. The molecule has 1 aliphatic rings. The molecule has 224 valence electrons. The van der Waals surface area contributed by atoms with Crippen molar-refractivity contribution in [3.63, 3.8) is 0 Å². The van der Waals surface area contributed by atoms with E-state index in [-0.39, 0.29) is 18.4 Å². The van der Waals surface area contributed by atoms with Crippen LogP contribution in [0, 0.1) is 12.3 Å². The minimum atomic E-state index is -1.14. The van der Waals surface area contributed by atoms with Gasteiger partial charge in [-0.3, -0.25) is 9.59 Å². The quantitative estimate of drug-likeness (QED) is 0.151. The van der Waals surface area contributed by atoms with Crippen molar-refractivity contribution < 1.29 is 28.3 Å². The highest BCUT2D eigenvalue weighted by Crippen LogP contribution is 2.52. The monoisotopic (exact) mass is 572 g/mol. The van der Waals surface area contributed by atoms with Crippen LogP contribution in [0.1, 0.15) is 93.1 Å². The molecule has 6 nitrogen and oxygen atoms in total. The van der Waals surface area contributed by atoms with Crippen LogP contribution in [0.4, 0.5) is 0 Å². The molecule has 0 N–H and O–H groups in total. The maximum absolute atomic E-state index is 12.1. The van der Waals surface area contributed by atoms with Crippen LogP contribution in [-0.4, -0.2) is 30.9 Å². The van der Waals surface area contributed by atoms with E-state index < -0.39 is 11.4 Å². The van der Waals surface area contributed by atoms with Crippen molar-refractivity contribution in [2.75, 3.05) is 13.2 Å². The molecule has 0 aliphatic heterocycles. The fourth-order valence-corrected chi connectivity index (χ4v) is 4.82. The van der Waals surface area contributed by atoms with Crippen molar-refractivity contribution in [3.05, 3.63) is 88.7 Å². The number of hydrogen-bond donors (Lipinski definition) is 0. The largest absolute Gasteiger partial charge is 0.465 e. The van der Waals surface area contributed by atoms with Gasteiger partial charge in [0.2, 0.25) is 0 Å². The number of benzene rings is 2. The standard InChI is InChI=1S/2C18H22O3/c1-4-6-7-14-8-10-15(11-9-14)16-12-18(16,13(3)19)17(20)21-5-2;1-4-6-7-14-8-10-15(11-9-14)17-12-16(13(3)21-17)18(19)20-5-2/h2*8-12H,4-7H2,1-3H3. The van der Waals surface area contributed by atoms with E-state index in [4.69, 9.17) is 13.9 Å². The molecule has 1 atom stereocenters. The van der Waals surface area contributed by atoms with Gasteiger partial charge in [0.25, 0.3) is 0 Å². The Morgan fingerprint density at radius 2 is 1.29 bits per heavy atom. The number of ketones is 1. The lowest BCUT2D eigenvalue weighted by Gasteiger charge is -2.14. The third kappa shape index (κ3) is 7.87. The summed E-state index contributed by atoms with van der Waals surface area (Å²) in [5.74, 6) is 0.342. The molecule has 0 fully saturated rings. The zero-order valence-electron chi connectivity index (χ0n) is 25.9. The number of ether oxygens (including phenoxy) is 2. The average Bonchev–Trinajstić information content (AvgIpc) is 3.65. The van der Waals surface area contributed by atoms with Gasteiger partial charge < -0.3 is 13.9 Å². The molecule has 0 spiro atoms. The lowest BCUT2D eigenvalue weighted by atomic mass is 9.92. The van der Waals surface area contributed by atoms with Gasteiger partial charge in [-0.2, -0.15) is 0 Å². The van der Waals surface area contributed by atoms with Gasteiger partial charge in [-0.15, -0.1) is 0 Å². The fourth-order valence-electron chi connectivity index (χ4n) is 4.82. The number of aryl methyl sites for hydroxylation is 3. The van der Waals surface area contributed by atoms with Gasteiger partial charge >= 0.3 is 11.9 Å². The Balaban J connectivity index is 0.000000230. The molecule has 1 aromatic heterocycles. The number of carbonyl (C=O) groups is 3. The number of rotatable bonds is 13. The molecule has 2 aromatic carbocycles. The first-order valence-corrected chi connectivity index (χ1v) is 15.1. The number of esters is 2. The van der Waals surface area contributed by atoms with Crippen LogP contribution in [0.25, 0.3) is 16.9 Å². The molecule has 0 amide bonds. The summed E-state index contributed by atoms with van der Waals surface area (Å²) in [7, 11) is 0. The van der Waals surface area contributed by atoms with Gasteiger partial charge in [-0.25, -0.2) is 4.79 Å². The van der Waals surface area contributed by atoms with Crippen LogP contribution in [0.5, 0.6) is 0 Å². The van der Waals surface area contributed by atoms with Gasteiger partial charge in [0.1, 0.15) is 17.1 Å². The summed E-state index contributed by atoms with van der Waals surface area (Å²) < 4.78 is 15.8. The lowest BCUT2D eigenvalue weighted by Crippen LogP contribution is -2.29. The van der Waals surface area contributed by atoms with Crippen molar-refractivity contribution >= 4 is 23.3 Å². The third-order valence-corrected chi connectivity index (χ3v) is 7.41. The topological polar surface area (TPSA) is 82.8 Å². The second-order valence-corrected chi connectivity index (χ2v) is 10.5. The molecule has 1 heterocycles. The van der Waals surface area contributed by atoms with Crippen LogP contribution >= 0.6 is 0 Å². The summed E-state index contributed by atoms with van der Waals surface area (Å²) in [5.41, 5.74) is 4.66. The minimum Gasteiger partial charge on any atom is -0.465 e. The predicted molar refractivity (Wildman–Crippen MR) is 166 cm³/mol. The number of hydrogen-bond acceptors (Lipinski definition) is 6. The number of furan rings is 1. The van der Waals surface area contributed by atoms with Crippen molar-refractivity contribution in [2.24, 2.45) is 5.41 Å². The molecule has 1 aliphatic carbocycles. The van der Waals surface area contributed by atoms with E-state index >= 15 is 0 Å². The summed E-state index contributed by atoms with van der Waals surface area (Å²) >= 11 is 0. The van der Waals surface area contributed by atoms with E-state index in [0.717, 1.165) is 29.5 Å². The van der Waals surface area contributed by atoms with Gasteiger partial charge in [-0.05, 0) is 87.8 Å². The molecule has 0 saturated carbocycles. The summed E-state index contributed by atoms with van der Waals surface area (Å²) in [6.45, 7) is 11.8. The van der Waals surface area contributed by atoms with Crippen molar-refractivity contribution in [1.82, 2.24) is 0 Å². The number of carbonyl (C=O) groups excluding carboxylic acids is 3. The first kappa shape index (κ1) is 32.6. The van der Waals surface area contributed by atoms with Crippen LogP contribution < -0.4 is 0 Å². The van der Waals surface area contributed by atoms with E-state index in [2.05, 4.69) is 38.1 Å². The normalized spacial score (nSPS) is 15.2. The van der Waals surface area contributed by atoms with Gasteiger partial charge in [-0.1, -0.05) is 75.2 Å². The van der Waals surface area contributed by atoms with Crippen molar-refractivity contribution in [3.8, 4) is 11.3 Å². The molecular weight excluding hydrogens is 528 g/mol. The number of Topliss-reactive ketones (excluding diaryl/α,β-unsaturated/α-hetero) is 1. The Hall–Kier alpha value is -3.93. The third-order valence-electron chi connectivity index (χ3n) is 7.41. The molecule has 6 heteroatoms. The molecule has 1 unspecified atom stereocenters. The minimum absolute atomic E-state index is 0.175. The van der Waals surface area contributed by atoms with E-state index in [1.54, 1.807) is 32.9 Å². The molecule has 3 aromatic rings. The van der Waals surface area contributed by atoms with E-state index in [0.29, 0.717) is 23.7 Å². The smallest absolute Gasteiger partial charge is 0.341 e. The Bertz CT molecular complexity index is 1380. The van der Waals surface area contributed by atoms with Crippen molar-refractivity contribution in [1.29, 1.82) is 0 Å². The zero-order chi connectivity index (χ0) is 30.7. The molecule has 4 rings (SSSR count). The summed E-state index contributed by atoms with van der Waals surface area (Å²) in [5, 5.41) is 0. The maximum atomic E-state index is 12.1. The Morgan fingerprint density at radius 1 is 0.762 bits per heavy atom. The molecule has 0 bridgehead atoms. The summed E-state index contributed by atoms with van der Waals surface area (Å²) in [6, 6.07) is 18.2. The molecular formula is C36H44O6. The first-order chi connectivity index (χ1) is 20.2. The Kier molecular flexibility index (Phi) is 11.9. The molecule has 0 saturated heterocycles. The lowest BCUT2D eigenvalue weighted by molar-refractivity contribution is -0.151. The maximum Gasteiger partial charge on any atom is 0.341 e. The Labute approximate surface area is 250 Å². The fraction of sp³-hybridized carbons (Fsp3) is 0.417. The Morgan fingerprint density at radius 3 is 1.76 bits per heavy atom. The van der Waals surface area contributed by atoms with E-state index in [1.165, 1.54) is 43.7 Å². The second-order valence-electron chi connectivity index (χ2n) is 10.5. The van der Waals surface area contributed by atoms with Crippen LogP contribution in [-0.2, 0) is 31.9 Å². The van der Waals surface area contributed by atoms with Gasteiger partial charge in [0, 0.05) is 5.56 Å². The van der Waals surface area contributed by atoms with Gasteiger partial charge in [0.05, 0.1) is 13.2 Å². The summed E-state index contributed by atoms with van der Waals surface area (Å²) in [4.78, 5) is 35.7. The molecule has 0 radical (unpaired) electrons. The highest BCUT2D eigenvalue weighted by Gasteiger charge is 2.56. The van der Waals surface area contributed by atoms with Crippen LogP contribution in [0.3, 0.4) is 0 Å². The van der Waals surface area contributed by atoms with Crippen molar-refractivity contribution in [2.45, 2.75) is 80.1 Å². The van der Waals surface area contributed by atoms with Crippen LogP contribution in [0.2, 0.25) is 0 Å². The van der Waals surface area contributed by atoms with E-state index in [1.807, 2.05) is 24.3 Å². The molecule has 42 heavy (non-hydrogen) atoms.